The minimum Gasteiger partial charge on any atom is -0.347 e. The van der Waals surface area contributed by atoms with Crippen molar-refractivity contribution in [3.8, 4) is 0 Å². The van der Waals surface area contributed by atoms with Crippen molar-refractivity contribution in [3.63, 3.8) is 0 Å². The van der Waals surface area contributed by atoms with Crippen molar-refractivity contribution in [1.82, 2.24) is 15.2 Å². The van der Waals surface area contributed by atoms with E-state index < -0.39 is 0 Å². The van der Waals surface area contributed by atoms with E-state index in [0.29, 0.717) is 5.92 Å². The summed E-state index contributed by atoms with van der Waals surface area (Å²) in [6.45, 7) is 9.50. The Bertz CT molecular complexity index is 581. The Labute approximate surface area is 165 Å². The summed E-state index contributed by atoms with van der Waals surface area (Å²) in [7, 11) is 0. The number of aromatic nitrogens is 1. The van der Waals surface area contributed by atoms with Gasteiger partial charge < -0.3 is 10.2 Å². The number of likely N-dealkylation sites (tertiary alicyclic amines) is 1. The Kier molecular flexibility index (Phi) is 6.91. The minimum absolute atomic E-state index is 0.0229. The first-order valence-corrected chi connectivity index (χ1v) is 10.9. The second kappa shape index (κ2) is 9.18. The summed E-state index contributed by atoms with van der Waals surface area (Å²) in [5.74, 6) is 1.49. The van der Waals surface area contributed by atoms with Gasteiger partial charge in [-0.3, -0.25) is 9.78 Å². The van der Waals surface area contributed by atoms with Crippen LogP contribution in [0.5, 0.6) is 0 Å². The monoisotopic (exact) mass is 371 g/mol. The Morgan fingerprint density at radius 2 is 1.85 bits per heavy atom. The summed E-state index contributed by atoms with van der Waals surface area (Å²) in [5.41, 5.74) is 0.621. The van der Waals surface area contributed by atoms with Crippen molar-refractivity contribution in [1.29, 1.82) is 0 Å². The number of nitrogens with zero attached hydrogens (tertiary/aromatic N) is 2. The van der Waals surface area contributed by atoms with Crippen molar-refractivity contribution in [2.45, 2.75) is 71.8 Å². The van der Waals surface area contributed by atoms with Gasteiger partial charge in [-0.15, -0.1) is 0 Å². The van der Waals surface area contributed by atoms with Gasteiger partial charge in [0.2, 0.25) is 5.91 Å². The highest BCUT2D eigenvalue weighted by Gasteiger charge is 2.33. The summed E-state index contributed by atoms with van der Waals surface area (Å²) in [6, 6.07) is 6.05. The maximum absolute atomic E-state index is 12.7. The second-order valence-electron chi connectivity index (χ2n) is 9.60. The topological polar surface area (TPSA) is 45.2 Å². The maximum atomic E-state index is 12.7. The lowest BCUT2D eigenvalue weighted by atomic mass is 9.84. The van der Waals surface area contributed by atoms with Gasteiger partial charge in [-0.2, -0.15) is 0 Å². The van der Waals surface area contributed by atoms with Crippen LogP contribution >= 0.6 is 0 Å². The molecule has 2 fully saturated rings. The molecule has 0 radical (unpaired) electrons. The van der Waals surface area contributed by atoms with Crippen molar-refractivity contribution < 1.29 is 4.79 Å². The van der Waals surface area contributed by atoms with Gasteiger partial charge in [-0.25, -0.2) is 0 Å². The zero-order chi connectivity index (χ0) is 19.3. The van der Waals surface area contributed by atoms with E-state index in [-0.39, 0.29) is 17.4 Å². The normalized spacial score (nSPS) is 21.7. The lowest BCUT2D eigenvalue weighted by Gasteiger charge is -2.38. The Hall–Kier alpha value is -1.42. The molecule has 4 heteroatoms. The highest BCUT2D eigenvalue weighted by atomic mass is 16.2. The first kappa shape index (κ1) is 20.3. The summed E-state index contributed by atoms with van der Waals surface area (Å²) in [5, 5.41) is 3.32. The predicted molar refractivity (Wildman–Crippen MR) is 110 cm³/mol. The van der Waals surface area contributed by atoms with Crippen molar-refractivity contribution in [2.75, 3.05) is 19.6 Å². The van der Waals surface area contributed by atoms with Crippen LogP contribution in [0.3, 0.4) is 0 Å². The fourth-order valence-corrected chi connectivity index (χ4v) is 4.55. The zero-order valence-corrected chi connectivity index (χ0v) is 17.4. The van der Waals surface area contributed by atoms with Gasteiger partial charge in [0.05, 0.1) is 11.7 Å². The Balaban J connectivity index is 1.61. The number of piperidine rings is 1. The molecule has 0 aromatic carbocycles. The van der Waals surface area contributed by atoms with Gasteiger partial charge >= 0.3 is 0 Å². The number of rotatable bonds is 5. The van der Waals surface area contributed by atoms with Crippen LogP contribution in [0.1, 0.15) is 77.5 Å². The number of carbonyl (C=O) groups is 1. The van der Waals surface area contributed by atoms with Gasteiger partial charge in [0.15, 0.2) is 0 Å². The molecular formula is C23H37N3O. The molecule has 1 saturated carbocycles. The Morgan fingerprint density at radius 1 is 1.15 bits per heavy atom. The van der Waals surface area contributed by atoms with Crippen LogP contribution in [-0.2, 0) is 4.79 Å². The molecule has 150 valence electrons. The highest BCUT2D eigenvalue weighted by Crippen LogP contribution is 2.32. The number of nitrogens with one attached hydrogen (secondary N) is 1. The molecule has 2 aliphatic rings. The SMILES string of the molecule is CC(C)(C)C(=O)NC(c1ccccn1)C1CCN(CC2CCCCC2)CC1. The van der Waals surface area contributed by atoms with Crippen molar-refractivity contribution in [2.24, 2.45) is 17.3 Å². The maximum Gasteiger partial charge on any atom is 0.225 e. The van der Waals surface area contributed by atoms with E-state index in [2.05, 4.69) is 21.3 Å². The average Bonchev–Trinajstić information content (AvgIpc) is 2.67. The molecule has 0 spiro atoms. The lowest BCUT2D eigenvalue weighted by molar-refractivity contribution is -0.129. The average molecular weight is 372 g/mol. The molecule has 1 aliphatic heterocycles. The molecule has 1 unspecified atom stereocenters. The van der Waals surface area contributed by atoms with Crippen LogP contribution in [0.4, 0.5) is 0 Å². The number of hydrogen-bond donors (Lipinski definition) is 1. The third-order valence-corrected chi connectivity index (χ3v) is 6.32. The van der Waals surface area contributed by atoms with Gasteiger partial charge in [0.25, 0.3) is 0 Å². The fraction of sp³-hybridized carbons (Fsp3) is 0.739. The van der Waals surface area contributed by atoms with E-state index in [1.807, 2.05) is 39.1 Å². The third kappa shape index (κ3) is 5.78. The number of carbonyl (C=O) groups excluding carboxylic acids is 1. The lowest BCUT2D eigenvalue weighted by Crippen LogP contribution is -2.45. The highest BCUT2D eigenvalue weighted by molar-refractivity contribution is 5.81. The van der Waals surface area contributed by atoms with Gasteiger partial charge in [0, 0.05) is 18.2 Å². The largest absolute Gasteiger partial charge is 0.347 e. The number of pyridine rings is 1. The minimum atomic E-state index is -0.380. The van der Waals surface area contributed by atoms with Crippen LogP contribution in [0.25, 0.3) is 0 Å². The number of hydrogen-bond acceptors (Lipinski definition) is 3. The Morgan fingerprint density at radius 3 is 2.44 bits per heavy atom. The standard InChI is InChI=1S/C23H37N3O/c1-23(2,3)22(27)25-21(20-11-7-8-14-24-20)19-12-15-26(16-13-19)17-18-9-5-4-6-10-18/h7-8,11,14,18-19,21H,4-6,9-10,12-13,15-17H2,1-3H3,(H,25,27). The van der Waals surface area contributed by atoms with Crippen molar-refractivity contribution in [3.05, 3.63) is 30.1 Å². The molecule has 1 N–H and O–H groups in total. The molecule has 4 nitrogen and oxygen atoms in total. The van der Waals surface area contributed by atoms with E-state index in [9.17, 15) is 4.79 Å². The van der Waals surface area contributed by atoms with Crippen LogP contribution in [-0.4, -0.2) is 35.4 Å². The molecule has 1 saturated heterocycles. The molecule has 1 aliphatic carbocycles. The molecular weight excluding hydrogens is 334 g/mol. The smallest absolute Gasteiger partial charge is 0.225 e. The van der Waals surface area contributed by atoms with Gasteiger partial charge in [-0.1, -0.05) is 46.1 Å². The van der Waals surface area contributed by atoms with Gasteiger partial charge in [-0.05, 0) is 62.7 Å². The summed E-state index contributed by atoms with van der Waals surface area (Å²) < 4.78 is 0. The predicted octanol–water partition coefficient (Wildman–Crippen LogP) is 4.58. The first-order chi connectivity index (χ1) is 12.9. The first-order valence-electron chi connectivity index (χ1n) is 10.9. The van der Waals surface area contributed by atoms with Crippen LogP contribution < -0.4 is 5.32 Å². The molecule has 1 amide bonds. The van der Waals surface area contributed by atoms with Gasteiger partial charge in [0.1, 0.15) is 0 Å². The molecule has 3 rings (SSSR count). The quantitative estimate of drug-likeness (QED) is 0.824. The molecule has 1 aromatic rings. The van der Waals surface area contributed by atoms with Crippen molar-refractivity contribution >= 4 is 5.91 Å². The summed E-state index contributed by atoms with van der Waals surface area (Å²) in [6.07, 6.45) is 11.2. The van der Waals surface area contributed by atoms with Crippen LogP contribution in [0, 0.1) is 17.3 Å². The molecule has 27 heavy (non-hydrogen) atoms. The third-order valence-electron chi connectivity index (χ3n) is 6.32. The molecule has 1 atom stereocenters. The van der Waals surface area contributed by atoms with E-state index in [1.165, 1.54) is 38.6 Å². The van der Waals surface area contributed by atoms with Crippen LogP contribution in [0.2, 0.25) is 0 Å². The number of amides is 1. The molecule has 0 bridgehead atoms. The van der Waals surface area contributed by atoms with Crippen LogP contribution in [0.15, 0.2) is 24.4 Å². The summed E-state index contributed by atoms with van der Waals surface area (Å²) >= 11 is 0. The summed E-state index contributed by atoms with van der Waals surface area (Å²) in [4.78, 5) is 19.9. The second-order valence-corrected chi connectivity index (χ2v) is 9.60. The molecule has 2 heterocycles. The fourth-order valence-electron chi connectivity index (χ4n) is 4.55. The van der Waals surface area contributed by atoms with E-state index in [4.69, 9.17) is 0 Å². The van der Waals surface area contributed by atoms with E-state index in [0.717, 1.165) is 37.5 Å². The zero-order valence-electron chi connectivity index (χ0n) is 17.4. The van der Waals surface area contributed by atoms with E-state index >= 15 is 0 Å². The van der Waals surface area contributed by atoms with E-state index in [1.54, 1.807) is 0 Å². The molecule has 1 aromatic heterocycles.